The number of rotatable bonds is 3. The van der Waals surface area contributed by atoms with Crippen molar-refractivity contribution in [1.82, 2.24) is 5.43 Å². The summed E-state index contributed by atoms with van der Waals surface area (Å²) >= 11 is 0. The van der Waals surface area contributed by atoms with Crippen molar-refractivity contribution in [3.63, 3.8) is 0 Å². The van der Waals surface area contributed by atoms with Crippen LogP contribution in [0.3, 0.4) is 0 Å². The lowest BCUT2D eigenvalue weighted by Crippen LogP contribution is -2.25. The van der Waals surface area contributed by atoms with Gasteiger partial charge in [0.1, 0.15) is 17.6 Å². The smallest absolute Gasteiger partial charge is 0.271 e. The van der Waals surface area contributed by atoms with E-state index in [2.05, 4.69) is 10.5 Å². The van der Waals surface area contributed by atoms with Crippen LogP contribution in [0.4, 0.5) is 0 Å². The minimum Gasteiger partial charge on any atom is -0.508 e. The number of carbonyl (C=O) groups is 1. The highest BCUT2D eigenvalue weighted by molar-refractivity contribution is 6.05. The maximum Gasteiger partial charge on any atom is 0.271 e. The summed E-state index contributed by atoms with van der Waals surface area (Å²) in [6.07, 6.45) is 0.391. The number of hydrogen-bond acceptors (Lipinski definition) is 4. The number of carbonyl (C=O) groups excluding carboxylic acids is 1. The fourth-order valence-electron chi connectivity index (χ4n) is 3.04. The Labute approximate surface area is 156 Å². The molecule has 5 heteroatoms. The van der Waals surface area contributed by atoms with E-state index in [0.29, 0.717) is 12.0 Å². The van der Waals surface area contributed by atoms with Crippen LogP contribution in [0.25, 0.3) is 0 Å². The van der Waals surface area contributed by atoms with E-state index in [0.717, 1.165) is 22.6 Å². The number of fused-ring (bicyclic) bond motifs is 1. The third kappa shape index (κ3) is 3.67. The number of aromatic hydroxyl groups is 1. The average molecular weight is 358 g/mol. The van der Waals surface area contributed by atoms with Crippen molar-refractivity contribution in [2.45, 2.75) is 12.5 Å². The Kier molecular flexibility index (Phi) is 4.58. The van der Waals surface area contributed by atoms with E-state index in [9.17, 15) is 9.90 Å². The molecule has 0 bridgehead atoms. The molecule has 0 saturated carbocycles. The van der Waals surface area contributed by atoms with Gasteiger partial charge in [-0.3, -0.25) is 4.79 Å². The highest BCUT2D eigenvalue weighted by atomic mass is 16.5. The summed E-state index contributed by atoms with van der Waals surface area (Å²) in [5.74, 6) is 0.528. The van der Waals surface area contributed by atoms with E-state index in [4.69, 9.17) is 4.74 Å². The lowest BCUT2D eigenvalue weighted by atomic mass is 9.96. The van der Waals surface area contributed by atoms with Crippen LogP contribution < -0.4 is 10.2 Å². The second-order valence-corrected chi connectivity index (χ2v) is 6.26. The number of nitrogens with one attached hydrogen (secondary N) is 1. The molecule has 0 aromatic heterocycles. The van der Waals surface area contributed by atoms with E-state index in [1.165, 1.54) is 12.1 Å². The number of hydrogen-bond donors (Lipinski definition) is 2. The number of benzene rings is 3. The normalized spacial score (nSPS) is 17.0. The second-order valence-electron chi connectivity index (χ2n) is 6.26. The summed E-state index contributed by atoms with van der Waals surface area (Å²) in [6.45, 7) is 0. The maximum absolute atomic E-state index is 12.3. The van der Waals surface area contributed by atoms with Crippen molar-refractivity contribution in [2.75, 3.05) is 0 Å². The van der Waals surface area contributed by atoms with Gasteiger partial charge in [0, 0.05) is 17.5 Å². The fourth-order valence-corrected chi connectivity index (χ4v) is 3.04. The van der Waals surface area contributed by atoms with Gasteiger partial charge in [-0.1, -0.05) is 42.5 Å². The SMILES string of the molecule is O=C(N/N=C1/C[C@@H](c2ccccc2)Oc2ccccc21)c1ccc(O)cc1. The first-order chi connectivity index (χ1) is 13.2. The number of amides is 1. The second kappa shape index (κ2) is 7.33. The zero-order valence-electron chi connectivity index (χ0n) is 14.5. The number of ether oxygens (including phenoxy) is 1. The van der Waals surface area contributed by atoms with Crippen molar-refractivity contribution >= 4 is 11.6 Å². The number of phenolic OH excluding ortho intramolecular Hbond substituents is 1. The zero-order valence-corrected chi connectivity index (χ0v) is 14.5. The lowest BCUT2D eigenvalue weighted by molar-refractivity contribution is 0.0954. The Morgan fingerprint density at radius 1 is 0.963 bits per heavy atom. The molecule has 1 aliphatic rings. The third-order valence-electron chi connectivity index (χ3n) is 4.44. The molecule has 1 heterocycles. The highest BCUT2D eigenvalue weighted by Crippen LogP contribution is 2.34. The first kappa shape index (κ1) is 16.8. The molecule has 0 fully saturated rings. The molecule has 1 atom stereocenters. The summed E-state index contributed by atoms with van der Waals surface area (Å²) in [5.41, 5.74) is 5.73. The minimum absolute atomic E-state index is 0.113. The van der Waals surface area contributed by atoms with Crippen LogP contribution in [-0.4, -0.2) is 16.7 Å². The Morgan fingerprint density at radius 3 is 2.44 bits per heavy atom. The summed E-state index contributed by atoms with van der Waals surface area (Å²) < 4.78 is 6.13. The van der Waals surface area contributed by atoms with Crippen molar-refractivity contribution in [1.29, 1.82) is 0 Å². The number of para-hydroxylation sites is 1. The highest BCUT2D eigenvalue weighted by Gasteiger charge is 2.26. The predicted octanol–water partition coefficient (Wildman–Crippen LogP) is 4.05. The first-order valence-electron chi connectivity index (χ1n) is 8.67. The Morgan fingerprint density at radius 2 is 1.67 bits per heavy atom. The Bertz CT molecular complexity index is 982. The van der Waals surface area contributed by atoms with E-state index in [1.807, 2.05) is 54.6 Å². The van der Waals surface area contributed by atoms with Gasteiger partial charge in [-0.25, -0.2) is 5.43 Å². The fraction of sp³-hybridized carbons (Fsp3) is 0.0909. The largest absolute Gasteiger partial charge is 0.508 e. The number of hydrazone groups is 1. The average Bonchev–Trinajstić information content (AvgIpc) is 2.72. The van der Waals surface area contributed by atoms with Gasteiger partial charge in [-0.2, -0.15) is 5.10 Å². The molecule has 1 amide bonds. The van der Waals surface area contributed by atoms with E-state index in [1.54, 1.807) is 12.1 Å². The van der Waals surface area contributed by atoms with Crippen LogP contribution in [0, 0.1) is 0 Å². The van der Waals surface area contributed by atoms with E-state index >= 15 is 0 Å². The maximum atomic E-state index is 12.3. The zero-order chi connectivity index (χ0) is 18.6. The van der Waals surface area contributed by atoms with Gasteiger partial charge in [0.25, 0.3) is 5.91 Å². The van der Waals surface area contributed by atoms with Crippen LogP contribution in [0.5, 0.6) is 11.5 Å². The molecule has 1 aliphatic heterocycles. The molecule has 5 nitrogen and oxygen atoms in total. The molecular weight excluding hydrogens is 340 g/mol. The summed E-state index contributed by atoms with van der Waals surface area (Å²) in [4.78, 5) is 12.3. The van der Waals surface area contributed by atoms with Gasteiger partial charge in [-0.15, -0.1) is 0 Å². The number of phenols is 1. The standard InChI is InChI=1S/C22H18N2O3/c25-17-12-10-16(11-13-17)22(26)24-23-19-14-21(15-6-2-1-3-7-15)27-20-9-5-4-8-18(19)20/h1-13,21,25H,14H2,(H,24,26)/b23-19-/t21-/m0/s1. The van der Waals surface area contributed by atoms with Crippen LogP contribution in [0.1, 0.15) is 34.0 Å². The molecule has 3 aromatic carbocycles. The van der Waals surface area contributed by atoms with Crippen LogP contribution in [0.2, 0.25) is 0 Å². The molecule has 27 heavy (non-hydrogen) atoms. The molecule has 2 N–H and O–H groups in total. The third-order valence-corrected chi connectivity index (χ3v) is 4.44. The Hall–Kier alpha value is -3.60. The van der Waals surface area contributed by atoms with Crippen molar-refractivity contribution in [3.05, 3.63) is 95.6 Å². The van der Waals surface area contributed by atoms with E-state index in [-0.39, 0.29) is 17.8 Å². The quantitative estimate of drug-likeness (QED) is 0.694. The Balaban J connectivity index is 1.61. The first-order valence-corrected chi connectivity index (χ1v) is 8.67. The molecule has 4 rings (SSSR count). The van der Waals surface area contributed by atoms with Gasteiger partial charge in [0.05, 0.1) is 5.71 Å². The van der Waals surface area contributed by atoms with Crippen molar-refractivity contribution < 1.29 is 14.6 Å². The molecule has 0 unspecified atom stereocenters. The van der Waals surface area contributed by atoms with E-state index < -0.39 is 0 Å². The minimum atomic E-state index is -0.331. The molecule has 0 spiro atoms. The monoisotopic (exact) mass is 358 g/mol. The van der Waals surface area contributed by atoms with Crippen molar-refractivity contribution in [3.8, 4) is 11.5 Å². The summed E-state index contributed by atoms with van der Waals surface area (Å²) in [7, 11) is 0. The molecule has 0 radical (unpaired) electrons. The molecule has 3 aromatic rings. The topological polar surface area (TPSA) is 70.9 Å². The van der Waals surface area contributed by atoms with Gasteiger partial charge in [-0.05, 0) is 42.0 Å². The summed E-state index contributed by atoms with van der Waals surface area (Å²) in [6, 6.07) is 23.7. The van der Waals surface area contributed by atoms with Crippen LogP contribution in [0.15, 0.2) is 84.0 Å². The van der Waals surface area contributed by atoms with Crippen LogP contribution in [-0.2, 0) is 0 Å². The van der Waals surface area contributed by atoms with Crippen molar-refractivity contribution in [2.24, 2.45) is 5.10 Å². The van der Waals surface area contributed by atoms with Gasteiger partial charge < -0.3 is 9.84 Å². The van der Waals surface area contributed by atoms with Gasteiger partial charge >= 0.3 is 0 Å². The predicted molar refractivity (Wildman–Crippen MR) is 103 cm³/mol. The van der Waals surface area contributed by atoms with Gasteiger partial charge in [0.2, 0.25) is 0 Å². The lowest BCUT2D eigenvalue weighted by Gasteiger charge is -2.27. The molecule has 134 valence electrons. The van der Waals surface area contributed by atoms with Crippen LogP contribution >= 0.6 is 0 Å². The molecule has 0 saturated heterocycles. The number of nitrogens with zero attached hydrogens (tertiary/aromatic N) is 1. The molecular formula is C22H18N2O3. The summed E-state index contributed by atoms with van der Waals surface area (Å²) in [5, 5.41) is 13.7. The molecule has 0 aliphatic carbocycles. The van der Waals surface area contributed by atoms with Gasteiger partial charge in [0.15, 0.2) is 0 Å².